The second-order valence-electron chi connectivity index (χ2n) is 3.06. The van der Waals surface area contributed by atoms with Gasteiger partial charge in [-0.15, -0.1) is 11.8 Å². The van der Waals surface area contributed by atoms with Crippen LogP contribution in [0.3, 0.4) is 0 Å². The van der Waals surface area contributed by atoms with Crippen LogP contribution in [0, 0.1) is 0 Å². The largest absolute Gasteiger partial charge is 0.382 e. The van der Waals surface area contributed by atoms with Crippen molar-refractivity contribution in [2.24, 2.45) is 0 Å². The lowest BCUT2D eigenvalue weighted by Gasteiger charge is -2.04. The molecule has 0 bridgehead atoms. The molecule has 3 nitrogen and oxygen atoms in total. The molecule has 0 fully saturated rings. The predicted molar refractivity (Wildman–Crippen MR) is 66.3 cm³/mol. The van der Waals surface area contributed by atoms with E-state index in [9.17, 15) is 0 Å². The molecule has 14 heavy (non-hydrogen) atoms. The maximum absolute atomic E-state index is 5.72. The van der Waals surface area contributed by atoms with Crippen LogP contribution in [0.25, 0.3) is 0 Å². The Morgan fingerprint density at radius 2 is 2.29 bits per heavy atom. The number of nitrogens with zero attached hydrogens (tertiary/aromatic N) is 1. The molecule has 1 aromatic heterocycles. The highest BCUT2D eigenvalue weighted by molar-refractivity contribution is 7.99. The third kappa shape index (κ3) is 3.06. The number of aromatic nitrogens is 1. The number of unbranched alkanes of at least 4 members (excludes halogenated alkanes) is 2. The van der Waals surface area contributed by atoms with Gasteiger partial charge >= 0.3 is 0 Å². The van der Waals surface area contributed by atoms with Gasteiger partial charge in [-0.25, -0.2) is 0 Å². The van der Waals surface area contributed by atoms with E-state index in [0.717, 1.165) is 16.4 Å². The molecule has 0 aliphatic carbocycles. The lowest BCUT2D eigenvalue weighted by Crippen LogP contribution is -2.00. The van der Waals surface area contributed by atoms with Gasteiger partial charge in [0.25, 0.3) is 0 Å². The average Bonchev–Trinajstić information content (AvgIpc) is 2.54. The molecular weight excluding hydrogens is 214 g/mol. The number of hydrogen-bond acceptors (Lipinski definition) is 5. The number of rotatable bonds is 6. The van der Waals surface area contributed by atoms with Gasteiger partial charge in [0.15, 0.2) is 5.82 Å². The Bertz CT molecular complexity index is 273. The lowest BCUT2D eigenvalue weighted by molar-refractivity contribution is 0.744. The highest BCUT2D eigenvalue weighted by atomic mass is 32.2. The Labute approximate surface area is 93.6 Å². The number of nitrogens with two attached hydrogens (primary N) is 1. The van der Waals surface area contributed by atoms with Crippen LogP contribution in [0.2, 0.25) is 0 Å². The van der Waals surface area contributed by atoms with E-state index < -0.39 is 0 Å². The zero-order valence-corrected chi connectivity index (χ0v) is 10.3. The van der Waals surface area contributed by atoms with Crippen LogP contribution in [0.1, 0.15) is 26.2 Å². The van der Waals surface area contributed by atoms with E-state index in [-0.39, 0.29) is 0 Å². The number of thioether (sulfide) groups is 1. The molecule has 0 amide bonds. The first kappa shape index (κ1) is 11.7. The summed E-state index contributed by atoms with van der Waals surface area (Å²) in [7, 11) is 0. The zero-order valence-electron chi connectivity index (χ0n) is 8.67. The minimum absolute atomic E-state index is 0.653. The monoisotopic (exact) mass is 231 g/mol. The molecule has 0 radical (unpaired) electrons. The van der Waals surface area contributed by atoms with E-state index in [1.54, 1.807) is 11.8 Å². The van der Waals surface area contributed by atoms with Gasteiger partial charge in [0.1, 0.15) is 5.00 Å². The zero-order chi connectivity index (χ0) is 10.4. The van der Waals surface area contributed by atoms with Crippen molar-refractivity contribution in [2.45, 2.75) is 31.1 Å². The highest BCUT2D eigenvalue weighted by Crippen LogP contribution is 2.34. The smallest absolute Gasteiger partial charge is 0.153 e. The van der Waals surface area contributed by atoms with E-state index in [4.69, 9.17) is 5.73 Å². The van der Waals surface area contributed by atoms with Gasteiger partial charge in [0, 0.05) is 6.54 Å². The predicted octanol–water partition coefficient (Wildman–Crippen LogP) is 3.05. The van der Waals surface area contributed by atoms with Gasteiger partial charge in [-0.2, -0.15) is 4.37 Å². The van der Waals surface area contributed by atoms with Gasteiger partial charge in [-0.1, -0.05) is 19.8 Å². The van der Waals surface area contributed by atoms with E-state index in [0.29, 0.717) is 5.82 Å². The molecule has 0 unspecified atom stereocenters. The molecule has 3 N–H and O–H groups in total. The second kappa shape index (κ2) is 6.14. The SMILES string of the molecule is CCCCCNc1snc(N)c1SC. The summed E-state index contributed by atoms with van der Waals surface area (Å²) in [5.74, 6) is 0.653. The van der Waals surface area contributed by atoms with Crippen LogP contribution in [0.5, 0.6) is 0 Å². The van der Waals surface area contributed by atoms with E-state index >= 15 is 0 Å². The van der Waals surface area contributed by atoms with E-state index in [1.807, 2.05) is 6.26 Å². The average molecular weight is 231 g/mol. The Balaban J connectivity index is 2.42. The molecule has 0 aromatic carbocycles. The Kier molecular flexibility index (Phi) is 5.11. The molecule has 5 heteroatoms. The van der Waals surface area contributed by atoms with Gasteiger partial charge in [-0.05, 0) is 24.2 Å². The minimum Gasteiger partial charge on any atom is -0.382 e. The minimum atomic E-state index is 0.653. The molecule has 1 rings (SSSR count). The van der Waals surface area contributed by atoms with Crippen molar-refractivity contribution in [1.29, 1.82) is 0 Å². The van der Waals surface area contributed by atoms with Crippen LogP contribution in [0.15, 0.2) is 4.90 Å². The highest BCUT2D eigenvalue weighted by Gasteiger charge is 2.08. The fourth-order valence-electron chi connectivity index (χ4n) is 1.18. The molecule has 0 saturated heterocycles. The quantitative estimate of drug-likeness (QED) is 0.583. The third-order valence-corrected chi connectivity index (χ3v) is 3.71. The summed E-state index contributed by atoms with van der Waals surface area (Å²) in [5.41, 5.74) is 5.72. The third-order valence-electron chi connectivity index (χ3n) is 1.94. The van der Waals surface area contributed by atoms with Crippen LogP contribution < -0.4 is 11.1 Å². The fraction of sp³-hybridized carbons (Fsp3) is 0.667. The van der Waals surface area contributed by atoms with E-state index in [2.05, 4.69) is 16.6 Å². The molecule has 0 atom stereocenters. The van der Waals surface area contributed by atoms with Crippen molar-refractivity contribution in [3.05, 3.63) is 0 Å². The summed E-state index contributed by atoms with van der Waals surface area (Å²) in [4.78, 5) is 1.09. The van der Waals surface area contributed by atoms with Gasteiger partial charge < -0.3 is 11.1 Å². The molecule has 0 aliphatic rings. The maximum atomic E-state index is 5.72. The lowest BCUT2D eigenvalue weighted by atomic mass is 10.2. The molecule has 0 aliphatic heterocycles. The summed E-state index contributed by atoms with van der Waals surface area (Å²) < 4.78 is 4.12. The maximum Gasteiger partial charge on any atom is 0.153 e. The van der Waals surface area contributed by atoms with E-state index in [1.165, 1.54) is 30.8 Å². The molecule has 0 saturated carbocycles. The van der Waals surface area contributed by atoms with Gasteiger partial charge in [0.05, 0.1) is 4.90 Å². The molecule has 0 spiro atoms. The summed E-state index contributed by atoms with van der Waals surface area (Å²) >= 11 is 3.10. The van der Waals surface area contributed by atoms with Crippen LogP contribution >= 0.6 is 23.3 Å². The van der Waals surface area contributed by atoms with Crippen LogP contribution in [-0.2, 0) is 0 Å². The standard InChI is InChI=1S/C9H17N3S2/c1-3-4-5-6-11-9-7(13-2)8(10)12-14-9/h11H,3-6H2,1-2H3,(H2,10,12). The second-order valence-corrected chi connectivity index (χ2v) is 4.65. The Morgan fingerprint density at radius 1 is 1.50 bits per heavy atom. The topological polar surface area (TPSA) is 50.9 Å². The normalized spacial score (nSPS) is 10.4. The van der Waals surface area contributed by atoms with Crippen molar-refractivity contribution < 1.29 is 0 Å². The molecular formula is C9H17N3S2. The van der Waals surface area contributed by atoms with Gasteiger partial charge in [0.2, 0.25) is 0 Å². The summed E-state index contributed by atoms with van der Waals surface area (Å²) in [6.45, 7) is 3.22. The number of nitrogen functional groups attached to an aromatic ring is 1. The molecule has 80 valence electrons. The Hall–Kier alpha value is -0.420. The summed E-state index contributed by atoms with van der Waals surface area (Å²) in [5, 5.41) is 4.49. The van der Waals surface area contributed by atoms with Crippen molar-refractivity contribution >= 4 is 34.1 Å². The van der Waals surface area contributed by atoms with Crippen molar-refractivity contribution in [3.63, 3.8) is 0 Å². The number of nitrogens with one attached hydrogen (secondary N) is 1. The van der Waals surface area contributed by atoms with Crippen molar-refractivity contribution in [1.82, 2.24) is 4.37 Å². The summed E-state index contributed by atoms with van der Waals surface area (Å²) in [6, 6.07) is 0. The number of hydrogen-bond donors (Lipinski definition) is 2. The fourth-order valence-corrected chi connectivity index (χ4v) is 2.75. The molecule has 1 aromatic rings. The first-order valence-corrected chi connectivity index (χ1v) is 6.82. The Morgan fingerprint density at radius 3 is 2.93 bits per heavy atom. The van der Waals surface area contributed by atoms with Crippen molar-refractivity contribution in [2.75, 3.05) is 23.9 Å². The molecule has 1 heterocycles. The van der Waals surface area contributed by atoms with Gasteiger partial charge in [-0.3, -0.25) is 0 Å². The van der Waals surface area contributed by atoms with Crippen LogP contribution in [-0.4, -0.2) is 17.2 Å². The van der Waals surface area contributed by atoms with Crippen molar-refractivity contribution in [3.8, 4) is 0 Å². The summed E-state index contributed by atoms with van der Waals surface area (Å²) in [6.07, 6.45) is 5.76. The van der Waals surface area contributed by atoms with Crippen LogP contribution in [0.4, 0.5) is 10.8 Å². The number of anilines is 2. The first-order valence-electron chi connectivity index (χ1n) is 4.82. The first-order chi connectivity index (χ1) is 6.79.